The highest BCUT2D eigenvalue weighted by molar-refractivity contribution is 7.79. The van der Waals surface area contributed by atoms with E-state index in [9.17, 15) is 9.00 Å². The van der Waals surface area contributed by atoms with E-state index in [1.165, 1.54) is 6.07 Å². The Labute approximate surface area is 254 Å². The SMILES string of the molecule is C#[N+]C(C(=O)Nc1cccc(F)c1CCC1NCC(CCCS(=O)O)N2CC12)C(c1ccc(Cl)cc1)C1CCOCC1. The van der Waals surface area contributed by atoms with Crippen LogP contribution in [0.15, 0.2) is 42.5 Å². The lowest BCUT2D eigenvalue weighted by Crippen LogP contribution is -2.49. The van der Waals surface area contributed by atoms with Crippen molar-refractivity contribution in [2.45, 2.75) is 68.6 Å². The van der Waals surface area contributed by atoms with E-state index in [1.807, 2.05) is 12.1 Å². The number of nitrogens with one attached hydrogen (secondary N) is 2. The lowest BCUT2D eigenvalue weighted by molar-refractivity contribution is -0.117. The molecule has 0 aliphatic carbocycles. The maximum absolute atomic E-state index is 15.2. The number of hydrogen-bond donors (Lipinski definition) is 3. The second kappa shape index (κ2) is 14.4. The molecular weight excluding hydrogens is 579 g/mol. The first-order valence-electron chi connectivity index (χ1n) is 14.7. The Hall–Kier alpha value is -2.39. The Morgan fingerprint density at radius 2 is 2.00 bits per heavy atom. The minimum absolute atomic E-state index is 0.142. The lowest BCUT2D eigenvalue weighted by atomic mass is 9.76. The Kier molecular flexibility index (Phi) is 10.6. The normalized spacial score (nSPS) is 26.0. The molecular formula is C31H39ClFN4O4S+. The molecule has 7 unspecified atom stereocenters. The predicted octanol–water partition coefficient (Wildman–Crippen LogP) is 4.92. The van der Waals surface area contributed by atoms with Crippen LogP contribution < -0.4 is 10.6 Å². The topological polar surface area (TPSA) is 95.0 Å². The number of hydrogen-bond acceptors (Lipinski definition) is 5. The van der Waals surface area contributed by atoms with Gasteiger partial charge in [0.1, 0.15) is 5.82 Å². The molecule has 3 saturated heterocycles. The van der Waals surface area contributed by atoms with Gasteiger partial charge in [0, 0.05) is 66.5 Å². The molecule has 0 aromatic heterocycles. The van der Waals surface area contributed by atoms with Gasteiger partial charge in [0.25, 0.3) is 6.57 Å². The summed E-state index contributed by atoms with van der Waals surface area (Å²) in [5.74, 6) is -0.555. The zero-order valence-corrected chi connectivity index (χ0v) is 25.2. The van der Waals surface area contributed by atoms with Crippen LogP contribution in [0.25, 0.3) is 4.85 Å². The third-order valence-corrected chi connectivity index (χ3v) is 9.87. The van der Waals surface area contributed by atoms with Crippen LogP contribution in [0.3, 0.4) is 0 Å². The van der Waals surface area contributed by atoms with Crippen LogP contribution in [-0.2, 0) is 27.0 Å². The van der Waals surface area contributed by atoms with Crippen LogP contribution in [0, 0.1) is 18.3 Å². The van der Waals surface area contributed by atoms with E-state index in [-0.39, 0.29) is 29.6 Å². The van der Waals surface area contributed by atoms with Gasteiger partial charge in [0.2, 0.25) is 0 Å². The summed E-state index contributed by atoms with van der Waals surface area (Å²) in [6, 6.07) is 12.3. The molecule has 0 spiro atoms. The molecule has 0 saturated carbocycles. The number of carbonyl (C=O) groups excluding carboxylic acids is 1. The molecule has 0 bridgehead atoms. The fraction of sp³-hybridized carbons (Fsp3) is 0.548. The molecule has 42 heavy (non-hydrogen) atoms. The van der Waals surface area contributed by atoms with Gasteiger partial charge in [-0.25, -0.2) is 8.60 Å². The van der Waals surface area contributed by atoms with Crippen LogP contribution in [-0.4, -0.2) is 75.8 Å². The molecule has 8 nitrogen and oxygen atoms in total. The molecule has 0 radical (unpaired) electrons. The van der Waals surface area contributed by atoms with E-state index in [0.717, 1.165) is 44.3 Å². The smallest absolute Gasteiger partial charge is 0.355 e. The van der Waals surface area contributed by atoms with E-state index >= 15 is 4.39 Å². The Balaban J connectivity index is 1.25. The number of amides is 1. The van der Waals surface area contributed by atoms with Gasteiger partial charge in [-0.1, -0.05) is 34.6 Å². The monoisotopic (exact) mass is 617 g/mol. The fourth-order valence-electron chi connectivity index (χ4n) is 6.72. The summed E-state index contributed by atoms with van der Waals surface area (Å²) in [5, 5.41) is 7.18. The minimum atomic E-state index is -1.75. The summed E-state index contributed by atoms with van der Waals surface area (Å²) in [4.78, 5) is 20.2. The van der Waals surface area contributed by atoms with E-state index in [4.69, 9.17) is 27.5 Å². The number of carbonyl (C=O) groups is 1. The second-order valence-electron chi connectivity index (χ2n) is 11.5. The number of fused-ring (bicyclic) bond motifs is 1. The first-order valence-corrected chi connectivity index (χ1v) is 16.4. The molecule has 226 valence electrons. The summed E-state index contributed by atoms with van der Waals surface area (Å²) in [7, 11) is 0. The molecule has 3 aliphatic heterocycles. The average molecular weight is 618 g/mol. The Bertz CT molecular complexity index is 1300. The summed E-state index contributed by atoms with van der Waals surface area (Å²) in [6.45, 7) is 8.90. The average Bonchev–Trinajstić information content (AvgIpc) is 3.79. The molecule has 2 aromatic rings. The van der Waals surface area contributed by atoms with Crippen molar-refractivity contribution < 1.29 is 22.7 Å². The molecule has 3 N–H and O–H groups in total. The largest absolute Gasteiger partial charge is 0.381 e. The van der Waals surface area contributed by atoms with Gasteiger partial charge in [-0.15, -0.1) is 0 Å². The number of piperazine rings is 1. The van der Waals surface area contributed by atoms with Crippen LogP contribution in [0.2, 0.25) is 5.02 Å². The van der Waals surface area contributed by atoms with Crippen LogP contribution in [0.5, 0.6) is 0 Å². The van der Waals surface area contributed by atoms with Crippen molar-refractivity contribution in [3.63, 3.8) is 0 Å². The summed E-state index contributed by atoms with van der Waals surface area (Å²) < 4.78 is 40.7. The fourth-order valence-corrected chi connectivity index (χ4v) is 7.26. The number of benzene rings is 2. The van der Waals surface area contributed by atoms with Crippen LogP contribution >= 0.6 is 11.6 Å². The highest BCUT2D eigenvalue weighted by Crippen LogP contribution is 2.38. The molecule has 3 aliphatic rings. The van der Waals surface area contributed by atoms with Crippen molar-refractivity contribution in [3.05, 3.63) is 69.3 Å². The van der Waals surface area contributed by atoms with Gasteiger partial charge in [0.05, 0.1) is 5.92 Å². The number of ether oxygens (including phenoxy) is 1. The van der Waals surface area contributed by atoms with Crippen molar-refractivity contribution in [3.8, 4) is 6.57 Å². The van der Waals surface area contributed by atoms with Crippen molar-refractivity contribution in [2.24, 2.45) is 5.92 Å². The standard InChI is InChI=1S/C31H38ClFN4O4S/c1-34-30(29(21-13-15-41-16-14-21)20-7-9-22(32)10-8-20)31(38)36-26-6-2-5-25(33)24(26)11-12-27-28-19-37(28)23(18-35-27)4-3-17-42(39)40/h1-2,5-10,21,23,27-30,35H,3-4,11-19H2,(H-,36,38,39,40)/p+1. The van der Waals surface area contributed by atoms with Crippen molar-refractivity contribution in [1.82, 2.24) is 10.2 Å². The van der Waals surface area contributed by atoms with Gasteiger partial charge >= 0.3 is 11.9 Å². The quantitative estimate of drug-likeness (QED) is 0.231. The summed E-state index contributed by atoms with van der Waals surface area (Å²) >= 11 is 4.39. The second-order valence-corrected chi connectivity index (χ2v) is 13.0. The number of rotatable bonds is 12. The maximum Gasteiger partial charge on any atom is 0.355 e. The van der Waals surface area contributed by atoms with Crippen molar-refractivity contribution >= 4 is 34.3 Å². The van der Waals surface area contributed by atoms with E-state index < -0.39 is 17.1 Å². The van der Waals surface area contributed by atoms with Gasteiger partial charge in [0.15, 0.2) is 11.1 Å². The predicted molar refractivity (Wildman–Crippen MR) is 164 cm³/mol. The van der Waals surface area contributed by atoms with Crippen LogP contribution in [0.1, 0.15) is 49.1 Å². The van der Waals surface area contributed by atoms with E-state index in [2.05, 4.69) is 20.4 Å². The van der Waals surface area contributed by atoms with Gasteiger partial charge in [-0.05, 0) is 74.3 Å². The molecule has 2 aromatic carbocycles. The highest BCUT2D eigenvalue weighted by atomic mass is 35.5. The zero-order chi connectivity index (χ0) is 29.6. The molecule has 11 heteroatoms. The van der Waals surface area contributed by atoms with Crippen LogP contribution in [0.4, 0.5) is 10.1 Å². The van der Waals surface area contributed by atoms with Crippen molar-refractivity contribution in [1.29, 1.82) is 0 Å². The first-order chi connectivity index (χ1) is 20.4. The summed E-state index contributed by atoms with van der Waals surface area (Å²) in [5.41, 5.74) is 1.84. The highest BCUT2D eigenvalue weighted by Gasteiger charge is 2.48. The minimum Gasteiger partial charge on any atom is -0.381 e. The zero-order valence-electron chi connectivity index (χ0n) is 23.6. The Morgan fingerprint density at radius 1 is 1.24 bits per heavy atom. The van der Waals surface area contributed by atoms with E-state index in [0.29, 0.717) is 60.2 Å². The third-order valence-electron chi connectivity index (χ3n) is 8.98. The van der Waals surface area contributed by atoms with E-state index in [1.54, 1.807) is 24.3 Å². The molecule has 7 atom stereocenters. The molecule has 5 rings (SSSR count). The van der Waals surface area contributed by atoms with Crippen molar-refractivity contribution in [2.75, 3.05) is 37.4 Å². The lowest BCUT2D eigenvalue weighted by Gasteiger charge is -2.31. The maximum atomic E-state index is 15.2. The van der Waals surface area contributed by atoms with Gasteiger partial charge in [-0.3, -0.25) is 9.69 Å². The number of halogens is 2. The number of anilines is 1. The summed E-state index contributed by atoms with van der Waals surface area (Å²) in [6.07, 6.45) is 4.34. The van der Waals surface area contributed by atoms with Gasteiger partial charge < -0.3 is 19.9 Å². The third kappa shape index (κ3) is 7.57. The number of nitrogens with zero attached hydrogens (tertiary/aromatic N) is 2. The molecule has 3 fully saturated rings. The molecule has 1 amide bonds. The van der Waals surface area contributed by atoms with Gasteiger partial charge in [-0.2, -0.15) is 0 Å². The molecule has 3 heterocycles. The first kappa shape index (κ1) is 31.0. The Morgan fingerprint density at radius 3 is 2.71 bits per heavy atom.